The van der Waals surface area contributed by atoms with E-state index in [4.69, 9.17) is 8.83 Å². The van der Waals surface area contributed by atoms with Crippen molar-refractivity contribution in [2.45, 2.75) is 0 Å². The van der Waals surface area contributed by atoms with Crippen LogP contribution in [0.25, 0.3) is 121 Å². The molecule has 0 bridgehead atoms. The van der Waals surface area contributed by atoms with Crippen molar-refractivity contribution < 1.29 is 8.83 Å². The fraction of sp³-hybridized carbons (Fsp3) is 0. The zero-order chi connectivity index (χ0) is 37.9. The summed E-state index contributed by atoms with van der Waals surface area (Å²) in [6.07, 6.45) is 0. The number of furan rings is 2. The Balaban J connectivity index is 1.12. The molecule has 4 nitrogen and oxygen atoms in total. The molecular weight excluding hydrogens is 709 g/mol. The third kappa shape index (κ3) is 4.45. The van der Waals surface area contributed by atoms with Crippen LogP contribution in [0.15, 0.2) is 203 Å². The molecule has 13 rings (SSSR count). The number of hydrogen-bond donors (Lipinski definition) is 0. The maximum atomic E-state index is 6.30. The van der Waals surface area contributed by atoms with Crippen molar-refractivity contribution in [2.24, 2.45) is 0 Å². The molecule has 0 aliphatic heterocycles. The Morgan fingerprint density at radius 1 is 0.259 bits per heavy atom. The van der Waals surface area contributed by atoms with Gasteiger partial charge in [0.2, 0.25) is 0 Å². The summed E-state index contributed by atoms with van der Waals surface area (Å²) in [5.74, 6) is 0. The minimum absolute atomic E-state index is 0.889. The van der Waals surface area contributed by atoms with Crippen LogP contribution in [0.1, 0.15) is 0 Å². The lowest BCUT2D eigenvalue weighted by Crippen LogP contribution is -1.95. The van der Waals surface area contributed by atoms with Crippen LogP contribution in [0.2, 0.25) is 0 Å². The highest BCUT2D eigenvalue weighted by Gasteiger charge is 2.21. The van der Waals surface area contributed by atoms with Crippen LogP contribution in [0.4, 0.5) is 0 Å². The van der Waals surface area contributed by atoms with E-state index in [1.165, 1.54) is 43.7 Å². The fourth-order valence-electron chi connectivity index (χ4n) is 9.51. The van der Waals surface area contributed by atoms with Gasteiger partial charge in [-0.15, -0.1) is 0 Å². The van der Waals surface area contributed by atoms with Crippen molar-refractivity contribution in [3.8, 4) is 33.6 Å². The lowest BCUT2D eigenvalue weighted by Gasteiger charge is -2.15. The predicted octanol–water partition coefficient (Wildman–Crippen LogP) is 15.0. The van der Waals surface area contributed by atoms with Gasteiger partial charge in [-0.05, 0) is 107 Å². The third-order valence-electron chi connectivity index (χ3n) is 12.1. The van der Waals surface area contributed by atoms with E-state index in [0.29, 0.717) is 0 Å². The second kappa shape index (κ2) is 11.8. The van der Waals surface area contributed by atoms with Gasteiger partial charge in [0.25, 0.3) is 0 Å². The highest BCUT2D eigenvalue weighted by molar-refractivity contribution is 6.15. The van der Waals surface area contributed by atoms with Gasteiger partial charge in [0.15, 0.2) is 0 Å². The summed E-state index contributed by atoms with van der Waals surface area (Å²) in [6.45, 7) is 0. The van der Waals surface area contributed by atoms with Crippen LogP contribution in [0.3, 0.4) is 0 Å². The third-order valence-corrected chi connectivity index (χ3v) is 12.1. The van der Waals surface area contributed by atoms with E-state index in [2.05, 4.69) is 179 Å². The van der Waals surface area contributed by atoms with E-state index in [9.17, 15) is 0 Å². The minimum atomic E-state index is 0.889. The van der Waals surface area contributed by atoms with Gasteiger partial charge in [-0.1, -0.05) is 109 Å². The maximum Gasteiger partial charge on any atom is 0.135 e. The Hall–Kier alpha value is -7.82. The highest BCUT2D eigenvalue weighted by Crippen LogP contribution is 2.44. The molecule has 13 aromatic rings. The van der Waals surface area contributed by atoms with Gasteiger partial charge in [-0.3, -0.25) is 0 Å². The molecule has 4 heteroatoms. The average Bonchev–Trinajstić information content (AvgIpc) is 4.03. The second-order valence-electron chi connectivity index (χ2n) is 15.3. The van der Waals surface area contributed by atoms with Gasteiger partial charge in [-0.25, -0.2) is 0 Å². The molecule has 4 heterocycles. The monoisotopic (exact) mass is 740 g/mol. The first-order valence-corrected chi connectivity index (χ1v) is 19.7. The number of fused-ring (bicyclic) bond motifs is 12. The first-order valence-electron chi connectivity index (χ1n) is 19.7. The number of aromatic nitrogens is 2. The zero-order valence-electron chi connectivity index (χ0n) is 31.2. The number of benzene rings is 9. The van der Waals surface area contributed by atoms with Crippen LogP contribution in [0, 0.1) is 0 Å². The molecule has 9 aromatic carbocycles. The van der Waals surface area contributed by atoms with Crippen molar-refractivity contribution in [3.05, 3.63) is 194 Å². The quantitative estimate of drug-likeness (QED) is 0.180. The Morgan fingerprint density at radius 3 is 1.47 bits per heavy atom. The first-order chi connectivity index (χ1) is 28.7. The van der Waals surface area contributed by atoms with Crippen LogP contribution in [-0.2, 0) is 0 Å². The topological polar surface area (TPSA) is 36.1 Å². The van der Waals surface area contributed by atoms with Crippen molar-refractivity contribution in [1.82, 2.24) is 9.13 Å². The summed E-state index contributed by atoms with van der Waals surface area (Å²) in [7, 11) is 0. The van der Waals surface area contributed by atoms with Crippen LogP contribution in [0.5, 0.6) is 0 Å². The van der Waals surface area contributed by atoms with E-state index in [1.807, 2.05) is 24.3 Å². The molecule has 0 atom stereocenters. The Bertz CT molecular complexity index is 3800. The van der Waals surface area contributed by atoms with Gasteiger partial charge in [0.1, 0.15) is 22.3 Å². The highest BCUT2D eigenvalue weighted by atomic mass is 16.3. The molecule has 0 spiro atoms. The van der Waals surface area contributed by atoms with Crippen LogP contribution >= 0.6 is 0 Å². The van der Waals surface area contributed by atoms with Gasteiger partial charge in [0.05, 0.1) is 22.1 Å². The summed E-state index contributed by atoms with van der Waals surface area (Å²) >= 11 is 0. The van der Waals surface area contributed by atoms with Crippen molar-refractivity contribution in [1.29, 1.82) is 0 Å². The molecule has 0 unspecified atom stereocenters. The smallest absolute Gasteiger partial charge is 0.135 e. The molecule has 0 amide bonds. The summed E-state index contributed by atoms with van der Waals surface area (Å²) < 4.78 is 17.4. The first kappa shape index (κ1) is 31.4. The Labute approximate surface area is 332 Å². The van der Waals surface area contributed by atoms with E-state index in [1.54, 1.807) is 0 Å². The minimum Gasteiger partial charge on any atom is -0.456 e. The molecule has 0 aliphatic carbocycles. The van der Waals surface area contributed by atoms with E-state index in [-0.39, 0.29) is 0 Å². The van der Waals surface area contributed by atoms with Crippen LogP contribution < -0.4 is 0 Å². The Kier molecular flexibility index (Phi) is 6.41. The molecule has 0 N–H and O–H groups in total. The van der Waals surface area contributed by atoms with Crippen molar-refractivity contribution in [3.63, 3.8) is 0 Å². The predicted molar refractivity (Wildman–Crippen MR) is 241 cm³/mol. The fourth-order valence-corrected chi connectivity index (χ4v) is 9.51. The molecule has 0 saturated heterocycles. The lowest BCUT2D eigenvalue weighted by molar-refractivity contribution is 0.668. The van der Waals surface area contributed by atoms with Gasteiger partial charge < -0.3 is 18.0 Å². The molecule has 0 radical (unpaired) electrons. The van der Waals surface area contributed by atoms with Crippen molar-refractivity contribution in [2.75, 3.05) is 0 Å². The standard InChI is InChI=1S/C54H32N2O2/c1-2-12-35(13-3-1)55-48-19-9-5-15-38(48)44-31-42(33-23-26-53-45(28-33)40-16-6-10-20-51(40)57-53)43(32-50(44)55)34-22-25-39-37-14-4-8-18-47(37)56(49(39)29-34)36-24-27-54-46(30-36)41-17-7-11-21-52(41)58-54/h1-32H. The molecule has 270 valence electrons. The largest absolute Gasteiger partial charge is 0.456 e. The average molecular weight is 741 g/mol. The summed E-state index contributed by atoms with van der Waals surface area (Å²) in [5, 5.41) is 9.34. The summed E-state index contributed by atoms with van der Waals surface area (Å²) in [6, 6.07) is 69.9. The molecule has 58 heavy (non-hydrogen) atoms. The number of para-hydroxylation sites is 5. The van der Waals surface area contributed by atoms with Crippen molar-refractivity contribution >= 4 is 87.5 Å². The van der Waals surface area contributed by atoms with Crippen LogP contribution in [-0.4, -0.2) is 9.13 Å². The SMILES string of the molecule is c1ccc(-n2c3ccccc3c3cc(-c4ccc5oc6ccccc6c5c4)c(-c4ccc5c6ccccc6n(-c6ccc7oc8ccccc8c7c6)c5c4)cc32)cc1. The number of hydrogen-bond acceptors (Lipinski definition) is 2. The lowest BCUT2D eigenvalue weighted by atomic mass is 9.91. The Morgan fingerprint density at radius 2 is 0.741 bits per heavy atom. The number of nitrogens with zero attached hydrogens (tertiary/aromatic N) is 2. The molecule has 0 aliphatic rings. The van der Waals surface area contributed by atoms with Gasteiger partial charge in [0, 0.05) is 54.5 Å². The molecular formula is C54H32N2O2. The molecule has 0 saturated carbocycles. The van der Waals surface area contributed by atoms with E-state index < -0.39 is 0 Å². The number of rotatable bonds is 4. The van der Waals surface area contributed by atoms with Gasteiger partial charge >= 0.3 is 0 Å². The maximum absolute atomic E-state index is 6.30. The zero-order valence-corrected chi connectivity index (χ0v) is 31.2. The summed E-state index contributed by atoms with van der Waals surface area (Å²) in [5.41, 5.74) is 15.1. The molecule has 4 aromatic heterocycles. The van der Waals surface area contributed by atoms with E-state index >= 15 is 0 Å². The second-order valence-corrected chi connectivity index (χ2v) is 15.3. The molecule has 0 fully saturated rings. The normalized spacial score (nSPS) is 12.1. The van der Waals surface area contributed by atoms with Gasteiger partial charge in [-0.2, -0.15) is 0 Å². The van der Waals surface area contributed by atoms with E-state index in [0.717, 1.165) is 77.5 Å². The summed E-state index contributed by atoms with van der Waals surface area (Å²) in [4.78, 5) is 0.